The summed E-state index contributed by atoms with van der Waals surface area (Å²) in [5.74, 6) is 6.41. The van der Waals surface area contributed by atoms with Gasteiger partial charge in [0, 0.05) is 6.54 Å². The summed E-state index contributed by atoms with van der Waals surface area (Å²) in [7, 11) is 0. The van der Waals surface area contributed by atoms with Crippen molar-refractivity contribution in [2.45, 2.75) is 20.3 Å². The van der Waals surface area contributed by atoms with Crippen LogP contribution >= 0.6 is 0 Å². The van der Waals surface area contributed by atoms with E-state index in [4.69, 9.17) is 10.6 Å². The van der Waals surface area contributed by atoms with Gasteiger partial charge in [-0.2, -0.15) is 0 Å². The molecular formula is C16H19FN2O. The third-order valence-corrected chi connectivity index (χ3v) is 3.01. The van der Waals surface area contributed by atoms with Gasteiger partial charge in [-0.05, 0) is 49.2 Å². The fourth-order valence-electron chi connectivity index (χ4n) is 1.94. The van der Waals surface area contributed by atoms with E-state index in [-0.39, 0.29) is 11.6 Å². The lowest BCUT2D eigenvalue weighted by molar-refractivity contribution is 0.439. The maximum absolute atomic E-state index is 13.6. The molecule has 0 atom stereocenters. The summed E-state index contributed by atoms with van der Waals surface area (Å²) in [5, 5.41) is 1.69. The van der Waals surface area contributed by atoms with E-state index in [2.05, 4.69) is 6.92 Å². The molecule has 0 amide bonds. The molecule has 3 nitrogen and oxygen atoms in total. The Bertz CT molecular complexity index is 586. The van der Waals surface area contributed by atoms with Crippen molar-refractivity contribution in [3.63, 3.8) is 0 Å². The molecule has 4 heteroatoms. The van der Waals surface area contributed by atoms with Crippen LogP contribution in [0.2, 0.25) is 0 Å². The van der Waals surface area contributed by atoms with Gasteiger partial charge in [0.05, 0.1) is 5.69 Å². The van der Waals surface area contributed by atoms with Gasteiger partial charge in [-0.3, -0.25) is 0 Å². The number of benzene rings is 2. The second-order valence-corrected chi connectivity index (χ2v) is 4.68. The SMILES string of the molecule is CCCN(N)c1ccc(Oc2ccccc2F)c(C)c1. The second kappa shape index (κ2) is 6.39. The molecule has 2 aromatic carbocycles. The molecule has 0 aliphatic heterocycles. The van der Waals surface area contributed by atoms with Gasteiger partial charge in [0.1, 0.15) is 5.75 Å². The molecule has 0 aliphatic rings. The number of hydrogen-bond donors (Lipinski definition) is 1. The molecule has 0 spiro atoms. The van der Waals surface area contributed by atoms with Crippen LogP contribution in [-0.4, -0.2) is 6.54 Å². The van der Waals surface area contributed by atoms with Crippen LogP contribution in [0.3, 0.4) is 0 Å². The number of halogens is 1. The average Bonchev–Trinajstić information content (AvgIpc) is 2.43. The van der Waals surface area contributed by atoms with Crippen molar-refractivity contribution in [2.75, 3.05) is 11.6 Å². The summed E-state index contributed by atoms with van der Waals surface area (Å²) in [6.07, 6.45) is 0.975. The van der Waals surface area contributed by atoms with Crippen LogP contribution in [0.5, 0.6) is 11.5 Å². The Morgan fingerprint density at radius 2 is 1.90 bits per heavy atom. The monoisotopic (exact) mass is 274 g/mol. The van der Waals surface area contributed by atoms with Crippen molar-refractivity contribution in [3.8, 4) is 11.5 Å². The normalized spacial score (nSPS) is 10.4. The number of ether oxygens (including phenoxy) is 1. The van der Waals surface area contributed by atoms with E-state index in [0.717, 1.165) is 24.2 Å². The third-order valence-electron chi connectivity index (χ3n) is 3.01. The first-order chi connectivity index (χ1) is 9.61. The Morgan fingerprint density at radius 3 is 2.55 bits per heavy atom. The van der Waals surface area contributed by atoms with Crippen LogP contribution < -0.4 is 15.6 Å². The van der Waals surface area contributed by atoms with Crippen LogP contribution in [0.25, 0.3) is 0 Å². The molecule has 2 aromatic rings. The van der Waals surface area contributed by atoms with Gasteiger partial charge in [0.25, 0.3) is 0 Å². The molecular weight excluding hydrogens is 255 g/mol. The molecule has 0 saturated carbocycles. The summed E-state index contributed by atoms with van der Waals surface area (Å²) >= 11 is 0. The Hall–Kier alpha value is -2.07. The van der Waals surface area contributed by atoms with Gasteiger partial charge in [0.2, 0.25) is 0 Å². The quantitative estimate of drug-likeness (QED) is 0.661. The summed E-state index contributed by atoms with van der Waals surface area (Å²) in [6, 6.07) is 12.0. The molecule has 0 bridgehead atoms. The predicted molar refractivity (Wildman–Crippen MR) is 79.5 cm³/mol. The average molecular weight is 274 g/mol. The number of aryl methyl sites for hydroxylation is 1. The smallest absolute Gasteiger partial charge is 0.165 e. The molecule has 0 saturated heterocycles. The molecule has 0 heterocycles. The minimum atomic E-state index is -0.373. The third kappa shape index (κ3) is 3.27. The van der Waals surface area contributed by atoms with Crippen LogP contribution in [-0.2, 0) is 0 Å². The van der Waals surface area contributed by atoms with Crippen LogP contribution in [0.15, 0.2) is 42.5 Å². The lowest BCUT2D eigenvalue weighted by Gasteiger charge is -2.19. The first-order valence-electron chi connectivity index (χ1n) is 6.67. The standard InChI is InChI=1S/C16H19FN2O/c1-3-10-19(18)13-8-9-15(12(2)11-13)20-16-7-5-4-6-14(16)17/h4-9,11H,3,10,18H2,1-2H3. The summed E-state index contributed by atoms with van der Waals surface area (Å²) in [5.41, 5.74) is 1.84. The van der Waals surface area contributed by atoms with Crippen LogP contribution in [0, 0.1) is 12.7 Å². The van der Waals surface area contributed by atoms with Crippen molar-refractivity contribution in [3.05, 3.63) is 53.8 Å². The number of hydrogen-bond acceptors (Lipinski definition) is 3. The van der Waals surface area contributed by atoms with Crippen LogP contribution in [0.4, 0.5) is 10.1 Å². The first-order valence-corrected chi connectivity index (χ1v) is 6.67. The minimum absolute atomic E-state index is 0.224. The highest BCUT2D eigenvalue weighted by atomic mass is 19.1. The van der Waals surface area contributed by atoms with Gasteiger partial charge >= 0.3 is 0 Å². The van der Waals surface area contributed by atoms with E-state index in [1.54, 1.807) is 23.2 Å². The lowest BCUT2D eigenvalue weighted by Crippen LogP contribution is -2.31. The first kappa shape index (κ1) is 14.3. The molecule has 0 aromatic heterocycles. The maximum Gasteiger partial charge on any atom is 0.165 e. The molecule has 2 rings (SSSR count). The lowest BCUT2D eigenvalue weighted by atomic mass is 10.2. The van der Waals surface area contributed by atoms with E-state index in [9.17, 15) is 4.39 Å². The molecule has 0 unspecified atom stereocenters. The second-order valence-electron chi connectivity index (χ2n) is 4.68. The van der Waals surface area contributed by atoms with Gasteiger partial charge in [-0.1, -0.05) is 19.1 Å². The number of anilines is 1. The maximum atomic E-state index is 13.6. The van der Waals surface area contributed by atoms with Crippen molar-refractivity contribution >= 4 is 5.69 Å². The Kier molecular flexibility index (Phi) is 4.58. The minimum Gasteiger partial charge on any atom is -0.454 e. The number of nitrogens with zero attached hydrogens (tertiary/aromatic N) is 1. The largest absolute Gasteiger partial charge is 0.454 e. The molecule has 106 valence electrons. The van der Waals surface area contributed by atoms with Crippen molar-refractivity contribution in [1.29, 1.82) is 0 Å². The number of nitrogens with two attached hydrogens (primary N) is 1. The summed E-state index contributed by atoms with van der Waals surface area (Å²) in [6.45, 7) is 4.77. The molecule has 0 aliphatic carbocycles. The number of rotatable bonds is 5. The zero-order valence-corrected chi connectivity index (χ0v) is 11.8. The van der Waals surface area contributed by atoms with Gasteiger partial charge < -0.3 is 9.75 Å². The molecule has 2 N–H and O–H groups in total. The van der Waals surface area contributed by atoms with E-state index in [0.29, 0.717) is 5.75 Å². The summed E-state index contributed by atoms with van der Waals surface area (Å²) < 4.78 is 19.2. The van der Waals surface area contributed by atoms with Crippen molar-refractivity contribution in [1.82, 2.24) is 0 Å². The van der Waals surface area contributed by atoms with Gasteiger partial charge in [-0.15, -0.1) is 0 Å². The topological polar surface area (TPSA) is 38.5 Å². The highest BCUT2D eigenvalue weighted by Gasteiger charge is 2.08. The predicted octanol–water partition coefficient (Wildman–Crippen LogP) is 4.02. The molecule has 0 fully saturated rings. The zero-order chi connectivity index (χ0) is 14.5. The highest BCUT2D eigenvalue weighted by Crippen LogP contribution is 2.29. The van der Waals surface area contributed by atoms with E-state index in [1.165, 1.54) is 6.07 Å². The Morgan fingerprint density at radius 1 is 1.15 bits per heavy atom. The van der Waals surface area contributed by atoms with Gasteiger partial charge in [0.15, 0.2) is 11.6 Å². The Labute approximate surface area is 118 Å². The fourth-order valence-corrected chi connectivity index (χ4v) is 1.94. The number of hydrazine groups is 1. The Balaban J connectivity index is 2.20. The number of para-hydroxylation sites is 1. The van der Waals surface area contributed by atoms with Gasteiger partial charge in [-0.25, -0.2) is 10.2 Å². The summed E-state index contributed by atoms with van der Waals surface area (Å²) in [4.78, 5) is 0. The van der Waals surface area contributed by atoms with E-state index < -0.39 is 0 Å². The molecule has 0 radical (unpaired) electrons. The van der Waals surface area contributed by atoms with Crippen molar-refractivity contribution in [2.24, 2.45) is 5.84 Å². The van der Waals surface area contributed by atoms with E-state index in [1.807, 2.05) is 25.1 Å². The molecule has 20 heavy (non-hydrogen) atoms. The fraction of sp³-hybridized carbons (Fsp3) is 0.250. The van der Waals surface area contributed by atoms with E-state index >= 15 is 0 Å². The van der Waals surface area contributed by atoms with Crippen molar-refractivity contribution < 1.29 is 9.13 Å². The van der Waals surface area contributed by atoms with Crippen LogP contribution in [0.1, 0.15) is 18.9 Å². The zero-order valence-electron chi connectivity index (χ0n) is 11.8. The highest BCUT2D eigenvalue weighted by molar-refractivity contribution is 5.52.